The SMILES string of the molecule is COc1ccc(CN(Cc2ccccc2)[C@@H](c2cc3cc(OC)ccc3[nH]c2=O)c2nnnn2CCc2ccccc2)cc1. The largest absolute Gasteiger partial charge is 0.497 e. The maximum Gasteiger partial charge on any atom is 0.253 e. The molecule has 0 fully saturated rings. The van der Waals surface area contributed by atoms with Crippen LogP contribution in [-0.4, -0.2) is 44.3 Å². The number of hydrogen-bond donors (Lipinski definition) is 1. The number of pyridine rings is 1. The number of tetrazole rings is 1. The van der Waals surface area contributed by atoms with E-state index in [1.807, 2.05) is 89.6 Å². The second kappa shape index (κ2) is 13.4. The minimum Gasteiger partial charge on any atom is -0.497 e. The fourth-order valence-electron chi connectivity index (χ4n) is 5.50. The second-order valence-electron chi connectivity index (χ2n) is 10.6. The van der Waals surface area contributed by atoms with Gasteiger partial charge in [-0.1, -0.05) is 72.8 Å². The van der Waals surface area contributed by atoms with Crippen molar-refractivity contribution in [3.8, 4) is 11.5 Å². The van der Waals surface area contributed by atoms with E-state index in [4.69, 9.17) is 9.47 Å². The first-order chi connectivity index (χ1) is 21.6. The van der Waals surface area contributed by atoms with E-state index in [1.165, 1.54) is 5.56 Å². The van der Waals surface area contributed by atoms with Crippen molar-refractivity contribution in [2.45, 2.75) is 32.1 Å². The molecule has 4 aromatic carbocycles. The van der Waals surface area contributed by atoms with Crippen LogP contribution in [0.4, 0.5) is 0 Å². The number of ether oxygens (including phenoxy) is 2. The molecule has 9 nitrogen and oxygen atoms in total. The number of H-pyrrole nitrogens is 1. The standard InChI is InChI=1S/C35H34N6O3/c1-43-29-15-13-27(14-16-29)24-40(23-26-11-7-4-8-12-26)33(31-22-28-21-30(44-2)17-18-32(28)36-35(31)42)34-37-38-39-41(34)20-19-25-9-5-3-6-10-25/h3-18,21-22,33H,19-20,23-24H2,1-2H3,(H,36,42)/t33-/m0/s1. The normalized spacial score (nSPS) is 12.0. The van der Waals surface area contributed by atoms with E-state index in [0.717, 1.165) is 34.2 Å². The molecule has 222 valence electrons. The molecule has 1 atom stereocenters. The number of aryl methyl sites for hydroxylation is 2. The molecule has 44 heavy (non-hydrogen) atoms. The van der Waals surface area contributed by atoms with E-state index in [2.05, 4.69) is 49.7 Å². The van der Waals surface area contributed by atoms with E-state index in [0.29, 0.717) is 36.8 Å². The Kier molecular flexibility index (Phi) is 8.75. The van der Waals surface area contributed by atoms with Crippen molar-refractivity contribution >= 4 is 10.9 Å². The average molecular weight is 587 g/mol. The molecule has 0 aliphatic heterocycles. The Morgan fingerprint density at radius 3 is 2.09 bits per heavy atom. The van der Waals surface area contributed by atoms with Crippen LogP contribution in [0.15, 0.2) is 114 Å². The summed E-state index contributed by atoms with van der Waals surface area (Å²) in [7, 11) is 3.29. The number of nitrogens with zero attached hydrogens (tertiary/aromatic N) is 5. The van der Waals surface area contributed by atoms with Crippen LogP contribution in [0.5, 0.6) is 11.5 Å². The third kappa shape index (κ3) is 6.53. The van der Waals surface area contributed by atoms with Gasteiger partial charge in [0.25, 0.3) is 5.56 Å². The Bertz CT molecular complexity index is 1870. The minimum absolute atomic E-state index is 0.196. The van der Waals surface area contributed by atoms with Gasteiger partial charge in [0.2, 0.25) is 0 Å². The van der Waals surface area contributed by atoms with Gasteiger partial charge in [0.15, 0.2) is 5.82 Å². The first-order valence-electron chi connectivity index (χ1n) is 14.5. The van der Waals surface area contributed by atoms with Gasteiger partial charge in [0, 0.05) is 36.1 Å². The lowest BCUT2D eigenvalue weighted by molar-refractivity contribution is 0.193. The monoisotopic (exact) mass is 586 g/mol. The molecule has 0 saturated carbocycles. The van der Waals surface area contributed by atoms with Crippen molar-refractivity contribution in [1.82, 2.24) is 30.1 Å². The molecule has 2 aromatic heterocycles. The van der Waals surface area contributed by atoms with Gasteiger partial charge in [-0.25, -0.2) is 4.68 Å². The predicted octanol–water partition coefficient (Wildman–Crippen LogP) is 5.57. The van der Waals surface area contributed by atoms with Gasteiger partial charge in [0.05, 0.1) is 14.2 Å². The fraction of sp³-hybridized carbons (Fsp3) is 0.200. The molecule has 2 heterocycles. The third-order valence-corrected chi connectivity index (χ3v) is 7.77. The van der Waals surface area contributed by atoms with Crippen LogP contribution in [-0.2, 0) is 26.1 Å². The summed E-state index contributed by atoms with van der Waals surface area (Å²) in [6, 6.07) is 35.4. The Hall–Kier alpha value is -5.28. The van der Waals surface area contributed by atoms with Crippen LogP contribution in [0.3, 0.4) is 0 Å². The number of rotatable bonds is 12. The number of hydrogen-bond acceptors (Lipinski definition) is 7. The van der Waals surface area contributed by atoms with Crippen molar-refractivity contribution in [2.75, 3.05) is 14.2 Å². The lowest BCUT2D eigenvalue weighted by Crippen LogP contribution is -2.35. The molecular weight excluding hydrogens is 552 g/mol. The van der Waals surface area contributed by atoms with Crippen LogP contribution < -0.4 is 15.0 Å². The highest BCUT2D eigenvalue weighted by atomic mass is 16.5. The highest BCUT2D eigenvalue weighted by Gasteiger charge is 2.31. The lowest BCUT2D eigenvalue weighted by atomic mass is 10.0. The van der Waals surface area contributed by atoms with Crippen molar-refractivity contribution in [2.24, 2.45) is 0 Å². The fourth-order valence-corrected chi connectivity index (χ4v) is 5.50. The average Bonchev–Trinajstić information content (AvgIpc) is 3.53. The highest BCUT2D eigenvalue weighted by Crippen LogP contribution is 2.31. The van der Waals surface area contributed by atoms with E-state index in [1.54, 1.807) is 14.2 Å². The topological polar surface area (TPSA) is 98.2 Å². The maximum absolute atomic E-state index is 13.9. The zero-order chi connectivity index (χ0) is 30.3. The van der Waals surface area contributed by atoms with Gasteiger partial charge in [-0.2, -0.15) is 0 Å². The van der Waals surface area contributed by atoms with Crippen LogP contribution in [0.25, 0.3) is 10.9 Å². The predicted molar refractivity (Wildman–Crippen MR) is 170 cm³/mol. The van der Waals surface area contributed by atoms with E-state index in [-0.39, 0.29) is 5.56 Å². The molecule has 0 unspecified atom stereocenters. The zero-order valence-corrected chi connectivity index (χ0v) is 24.8. The summed E-state index contributed by atoms with van der Waals surface area (Å²) in [5.41, 5.74) is 4.43. The Balaban J connectivity index is 1.49. The summed E-state index contributed by atoms with van der Waals surface area (Å²) < 4.78 is 12.7. The summed E-state index contributed by atoms with van der Waals surface area (Å²) >= 11 is 0. The van der Waals surface area contributed by atoms with Crippen molar-refractivity contribution in [3.63, 3.8) is 0 Å². The number of methoxy groups -OCH3 is 2. The van der Waals surface area contributed by atoms with Crippen molar-refractivity contribution in [1.29, 1.82) is 0 Å². The molecule has 0 aliphatic carbocycles. The first-order valence-corrected chi connectivity index (χ1v) is 14.5. The third-order valence-electron chi connectivity index (χ3n) is 7.77. The van der Waals surface area contributed by atoms with Gasteiger partial charge in [-0.05, 0) is 69.9 Å². The second-order valence-corrected chi connectivity index (χ2v) is 10.6. The Morgan fingerprint density at radius 1 is 0.773 bits per heavy atom. The van der Waals surface area contributed by atoms with Gasteiger partial charge < -0.3 is 14.5 Å². The van der Waals surface area contributed by atoms with Gasteiger partial charge in [-0.15, -0.1) is 5.10 Å². The molecule has 0 spiro atoms. The molecule has 0 aliphatic rings. The first kappa shape index (κ1) is 28.8. The summed E-state index contributed by atoms with van der Waals surface area (Å²) in [5, 5.41) is 13.9. The molecule has 0 radical (unpaired) electrons. The van der Waals surface area contributed by atoms with E-state index < -0.39 is 6.04 Å². The van der Waals surface area contributed by atoms with Gasteiger partial charge in [0.1, 0.15) is 17.5 Å². The number of aromatic nitrogens is 5. The quantitative estimate of drug-likeness (QED) is 0.200. The van der Waals surface area contributed by atoms with Crippen molar-refractivity contribution < 1.29 is 9.47 Å². The van der Waals surface area contributed by atoms with Gasteiger partial charge in [-0.3, -0.25) is 9.69 Å². The number of aromatic amines is 1. The Morgan fingerprint density at radius 2 is 1.41 bits per heavy atom. The number of benzene rings is 4. The van der Waals surface area contributed by atoms with Crippen LogP contribution in [0.1, 0.15) is 34.1 Å². The van der Waals surface area contributed by atoms with E-state index >= 15 is 0 Å². The van der Waals surface area contributed by atoms with Gasteiger partial charge >= 0.3 is 0 Å². The summed E-state index contributed by atoms with van der Waals surface area (Å²) in [6.45, 7) is 1.65. The zero-order valence-electron chi connectivity index (χ0n) is 24.8. The molecule has 6 rings (SSSR count). The van der Waals surface area contributed by atoms with Crippen LogP contribution in [0, 0.1) is 0 Å². The lowest BCUT2D eigenvalue weighted by Gasteiger charge is -2.31. The highest BCUT2D eigenvalue weighted by molar-refractivity contribution is 5.80. The minimum atomic E-state index is -0.567. The molecule has 0 bridgehead atoms. The van der Waals surface area contributed by atoms with Crippen LogP contribution in [0.2, 0.25) is 0 Å². The number of fused-ring (bicyclic) bond motifs is 1. The summed E-state index contributed by atoms with van der Waals surface area (Å²) in [4.78, 5) is 19.2. The summed E-state index contributed by atoms with van der Waals surface area (Å²) in [5.74, 6) is 2.09. The van der Waals surface area contributed by atoms with E-state index in [9.17, 15) is 4.79 Å². The number of nitrogens with one attached hydrogen (secondary N) is 1. The van der Waals surface area contributed by atoms with Crippen LogP contribution >= 0.6 is 0 Å². The molecule has 1 N–H and O–H groups in total. The Labute approximate surface area is 255 Å². The summed E-state index contributed by atoms with van der Waals surface area (Å²) in [6.07, 6.45) is 0.744. The molecular formula is C35H34N6O3. The molecule has 9 heteroatoms. The van der Waals surface area contributed by atoms with Crippen molar-refractivity contribution in [3.05, 3.63) is 148 Å². The molecule has 0 saturated heterocycles. The smallest absolute Gasteiger partial charge is 0.253 e. The molecule has 6 aromatic rings. The molecule has 0 amide bonds. The maximum atomic E-state index is 13.9.